The van der Waals surface area contributed by atoms with Crippen LogP contribution in [-0.2, 0) is 0 Å². The van der Waals surface area contributed by atoms with E-state index in [-0.39, 0.29) is 0 Å². The molecule has 54 valence electrons. The molecule has 0 aliphatic rings. The zero-order valence-electron chi connectivity index (χ0n) is 5.48. The van der Waals surface area contributed by atoms with E-state index in [1.54, 1.807) is 18.2 Å². The van der Waals surface area contributed by atoms with Crippen LogP contribution >= 0.6 is 23.2 Å². The van der Waals surface area contributed by atoms with E-state index < -0.39 is 0 Å². The summed E-state index contributed by atoms with van der Waals surface area (Å²) in [4.78, 5) is 0. The number of hydrogen-bond acceptors (Lipinski definition) is 0. The molecule has 2 heteroatoms. The Bertz CT molecular complexity index is 179. The number of halogens is 2. The lowest BCUT2D eigenvalue weighted by Crippen LogP contribution is -1.61. The average molecular weight is 175 g/mol. The molecule has 0 aliphatic carbocycles. The van der Waals surface area contributed by atoms with Crippen molar-refractivity contribution in [1.29, 1.82) is 0 Å². The van der Waals surface area contributed by atoms with Crippen molar-refractivity contribution in [3.8, 4) is 0 Å². The van der Waals surface area contributed by atoms with Crippen LogP contribution in [0.1, 0.15) is 0 Å². The van der Waals surface area contributed by atoms with Crippen molar-refractivity contribution in [2.45, 2.75) is 0 Å². The van der Waals surface area contributed by atoms with E-state index in [0.29, 0.717) is 10.0 Å². The van der Waals surface area contributed by atoms with Gasteiger partial charge in [0.15, 0.2) is 0 Å². The van der Waals surface area contributed by atoms with Gasteiger partial charge in [-0.1, -0.05) is 29.3 Å². The molecule has 10 heavy (non-hydrogen) atoms. The Hall–Kier alpha value is -0.460. The Morgan fingerprint density at radius 2 is 1.40 bits per heavy atom. The van der Waals surface area contributed by atoms with Crippen LogP contribution in [0.25, 0.3) is 0 Å². The predicted octanol–water partition coefficient (Wildman–Crippen LogP) is 3.80. The van der Waals surface area contributed by atoms with Gasteiger partial charge < -0.3 is 0 Å². The zero-order chi connectivity index (χ0) is 7.98. The molecular weight excluding hydrogens is 167 g/mol. The standard InChI is InChI=1S/C6H4Cl2.C2H4/c7-5-2-1-3-6(8)4-5;1-2/h1-4H;1-2H2. The van der Waals surface area contributed by atoms with Crippen LogP contribution in [0.3, 0.4) is 0 Å². The Kier molecular flexibility index (Phi) is 5.09. The minimum atomic E-state index is 0.678. The number of benzene rings is 1. The molecule has 0 aromatic heterocycles. The highest BCUT2D eigenvalue weighted by Crippen LogP contribution is 2.13. The summed E-state index contributed by atoms with van der Waals surface area (Å²) in [5.41, 5.74) is 0. The summed E-state index contributed by atoms with van der Waals surface area (Å²) in [5, 5.41) is 1.36. The topological polar surface area (TPSA) is 0 Å². The third kappa shape index (κ3) is 3.54. The maximum Gasteiger partial charge on any atom is 0.0420 e. The van der Waals surface area contributed by atoms with Crippen LogP contribution < -0.4 is 0 Å². The fourth-order valence-electron chi connectivity index (χ4n) is 0.460. The Labute approximate surface area is 71.1 Å². The van der Waals surface area contributed by atoms with Gasteiger partial charge in [-0.05, 0) is 18.2 Å². The summed E-state index contributed by atoms with van der Waals surface area (Å²) in [6.07, 6.45) is 0. The Morgan fingerprint density at radius 3 is 1.60 bits per heavy atom. The first-order valence-corrected chi connectivity index (χ1v) is 3.46. The third-order valence-corrected chi connectivity index (χ3v) is 1.26. The Balaban J connectivity index is 0.000000371. The zero-order valence-corrected chi connectivity index (χ0v) is 6.99. The molecule has 0 saturated heterocycles. The molecule has 1 aromatic carbocycles. The minimum Gasteiger partial charge on any atom is -0.106 e. The van der Waals surface area contributed by atoms with Crippen LogP contribution in [0.4, 0.5) is 0 Å². The van der Waals surface area contributed by atoms with Gasteiger partial charge in [0, 0.05) is 10.0 Å². The molecule has 1 rings (SSSR count). The van der Waals surface area contributed by atoms with Crippen molar-refractivity contribution in [2.24, 2.45) is 0 Å². The van der Waals surface area contributed by atoms with Crippen molar-refractivity contribution in [3.05, 3.63) is 47.5 Å². The summed E-state index contributed by atoms with van der Waals surface area (Å²) in [7, 11) is 0. The minimum absolute atomic E-state index is 0.678. The van der Waals surface area contributed by atoms with Gasteiger partial charge in [-0.15, -0.1) is 13.2 Å². The molecule has 1 aromatic rings. The number of hydrogen-bond donors (Lipinski definition) is 0. The van der Waals surface area contributed by atoms with E-state index in [2.05, 4.69) is 13.2 Å². The molecule has 0 nitrogen and oxygen atoms in total. The molecule has 0 N–H and O–H groups in total. The molecule has 0 atom stereocenters. The van der Waals surface area contributed by atoms with Gasteiger partial charge in [-0.25, -0.2) is 0 Å². The monoisotopic (exact) mass is 174 g/mol. The predicted molar refractivity (Wildman–Crippen MR) is 47.7 cm³/mol. The van der Waals surface area contributed by atoms with Crippen molar-refractivity contribution < 1.29 is 0 Å². The maximum atomic E-state index is 5.56. The number of rotatable bonds is 0. The summed E-state index contributed by atoms with van der Waals surface area (Å²) in [5.74, 6) is 0. The molecule has 0 fully saturated rings. The second-order valence-electron chi connectivity index (χ2n) is 1.44. The van der Waals surface area contributed by atoms with Crippen LogP contribution in [0, 0.1) is 0 Å². The van der Waals surface area contributed by atoms with E-state index in [4.69, 9.17) is 23.2 Å². The summed E-state index contributed by atoms with van der Waals surface area (Å²) in [6, 6.07) is 7.08. The normalized spacial score (nSPS) is 7.80. The van der Waals surface area contributed by atoms with Gasteiger partial charge in [0.05, 0.1) is 0 Å². The first-order chi connectivity index (χ1) is 4.79. The SMILES string of the molecule is C=C.Clc1cccc(Cl)c1. The maximum absolute atomic E-state index is 5.56. The fourth-order valence-corrected chi connectivity index (χ4v) is 0.896. The van der Waals surface area contributed by atoms with E-state index >= 15 is 0 Å². The van der Waals surface area contributed by atoms with E-state index in [1.165, 1.54) is 0 Å². The first kappa shape index (κ1) is 9.54. The largest absolute Gasteiger partial charge is 0.106 e. The van der Waals surface area contributed by atoms with Gasteiger partial charge in [-0.2, -0.15) is 0 Å². The van der Waals surface area contributed by atoms with Gasteiger partial charge in [0.1, 0.15) is 0 Å². The van der Waals surface area contributed by atoms with Gasteiger partial charge >= 0.3 is 0 Å². The third-order valence-electron chi connectivity index (χ3n) is 0.787. The molecule has 0 unspecified atom stereocenters. The van der Waals surface area contributed by atoms with Crippen LogP contribution in [-0.4, -0.2) is 0 Å². The van der Waals surface area contributed by atoms with Crippen molar-refractivity contribution in [2.75, 3.05) is 0 Å². The van der Waals surface area contributed by atoms with Gasteiger partial charge in [0.2, 0.25) is 0 Å². The highest BCUT2D eigenvalue weighted by atomic mass is 35.5. The quantitative estimate of drug-likeness (QED) is 0.526. The lowest BCUT2D eigenvalue weighted by atomic mass is 10.4. The van der Waals surface area contributed by atoms with Crippen molar-refractivity contribution in [1.82, 2.24) is 0 Å². The smallest absolute Gasteiger partial charge is 0.0420 e. The van der Waals surface area contributed by atoms with Crippen LogP contribution in [0.15, 0.2) is 37.4 Å². The van der Waals surface area contributed by atoms with E-state index in [1.807, 2.05) is 6.07 Å². The van der Waals surface area contributed by atoms with Crippen molar-refractivity contribution in [3.63, 3.8) is 0 Å². The molecule has 0 radical (unpaired) electrons. The second-order valence-corrected chi connectivity index (χ2v) is 2.31. The summed E-state index contributed by atoms with van der Waals surface area (Å²) < 4.78 is 0. The fraction of sp³-hybridized carbons (Fsp3) is 0. The molecular formula is C8H8Cl2. The molecule has 0 amide bonds. The van der Waals surface area contributed by atoms with Crippen molar-refractivity contribution >= 4 is 23.2 Å². The highest BCUT2D eigenvalue weighted by molar-refractivity contribution is 6.34. The second kappa shape index (κ2) is 5.33. The van der Waals surface area contributed by atoms with Crippen LogP contribution in [0.5, 0.6) is 0 Å². The van der Waals surface area contributed by atoms with E-state index in [0.717, 1.165) is 0 Å². The summed E-state index contributed by atoms with van der Waals surface area (Å²) >= 11 is 11.1. The van der Waals surface area contributed by atoms with E-state index in [9.17, 15) is 0 Å². The molecule has 0 saturated carbocycles. The molecule has 0 aliphatic heterocycles. The summed E-state index contributed by atoms with van der Waals surface area (Å²) in [6.45, 7) is 6.00. The lowest BCUT2D eigenvalue weighted by Gasteiger charge is -1.86. The Morgan fingerprint density at radius 1 is 1.00 bits per heavy atom. The molecule has 0 heterocycles. The van der Waals surface area contributed by atoms with Gasteiger partial charge in [0.25, 0.3) is 0 Å². The average Bonchev–Trinajstić information content (AvgIpc) is 1.91. The lowest BCUT2D eigenvalue weighted by molar-refractivity contribution is 1.71. The first-order valence-electron chi connectivity index (χ1n) is 2.70. The highest BCUT2D eigenvalue weighted by Gasteiger charge is 1.84. The molecule has 0 spiro atoms. The van der Waals surface area contributed by atoms with Gasteiger partial charge in [-0.3, -0.25) is 0 Å². The molecule has 0 bridgehead atoms. The van der Waals surface area contributed by atoms with Crippen LogP contribution in [0.2, 0.25) is 10.0 Å².